The maximum Gasteiger partial charge on any atom is 0.0514 e. The number of fused-ring (bicyclic) bond motifs is 4. The fourth-order valence-corrected chi connectivity index (χ4v) is 5.32. The summed E-state index contributed by atoms with van der Waals surface area (Å²) >= 11 is 0. The molecule has 3 nitrogen and oxygen atoms in total. The van der Waals surface area contributed by atoms with Gasteiger partial charge in [0.2, 0.25) is 0 Å². The van der Waals surface area contributed by atoms with Crippen molar-refractivity contribution in [3.63, 3.8) is 0 Å². The summed E-state index contributed by atoms with van der Waals surface area (Å²) in [4.78, 5) is 6.35. The number of piperidine rings is 3. The minimum absolute atomic E-state index is 0.313. The molecule has 4 aliphatic heterocycles. The Morgan fingerprint density at radius 2 is 2.23 bits per heavy atom. The van der Waals surface area contributed by atoms with Crippen molar-refractivity contribution >= 4 is 10.9 Å². The van der Waals surface area contributed by atoms with Gasteiger partial charge in [-0.05, 0) is 37.3 Å². The number of rotatable bonds is 1. The number of H-pyrrole nitrogens is 1. The number of benzene rings is 1. The number of nitrogens with zero attached hydrogens (tertiary/aromatic N) is 1. The van der Waals surface area contributed by atoms with Gasteiger partial charge in [-0.3, -0.25) is 4.90 Å². The molecule has 3 fully saturated rings. The molecule has 0 amide bonds. The van der Waals surface area contributed by atoms with E-state index in [0.717, 1.165) is 19.4 Å². The lowest BCUT2D eigenvalue weighted by atomic mass is 9.64. The summed E-state index contributed by atoms with van der Waals surface area (Å²) in [6, 6.07) is 9.68. The van der Waals surface area contributed by atoms with E-state index in [1.54, 1.807) is 0 Å². The van der Waals surface area contributed by atoms with Gasteiger partial charge in [-0.2, -0.15) is 0 Å². The van der Waals surface area contributed by atoms with Crippen molar-refractivity contribution in [2.75, 3.05) is 13.2 Å². The van der Waals surface area contributed by atoms with E-state index in [1.165, 1.54) is 27.7 Å². The molecule has 4 bridgehead atoms. The number of nitrogens with one attached hydrogen (secondary N) is 1. The van der Waals surface area contributed by atoms with E-state index in [9.17, 15) is 5.11 Å². The highest BCUT2D eigenvalue weighted by atomic mass is 16.3. The molecule has 22 heavy (non-hydrogen) atoms. The van der Waals surface area contributed by atoms with Crippen LogP contribution >= 0.6 is 0 Å². The van der Waals surface area contributed by atoms with Crippen LogP contribution in [0.1, 0.15) is 30.6 Å². The molecule has 6 rings (SSSR count). The van der Waals surface area contributed by atoms with Crippen molar-refractivity contribution in [2.24, 2.45) is 11.8 Å². The molecular weight excluding hydrogens is 272 g/mol. The minimum atomic E-state index is 0.313. The minimum Gasteiger partial charge on any atom is -0.396 e. The van der Waals surface area contributed by atoms with Crippen LogP contribution in [0.15, 0.2) is 35.9 Å². The zero-order chi connectivity index (χ0) is 14.8. The molecule has 1 aromatic carbocycles. The zero-order valence-electron chi connectivity index (χ0n) is 12.9. The third-order valence-corrected chi connectivity index (χ3v) is 6.33. The van der Waals surface area contributed by atoms with E-state index in [-0.39, 0.29) is 0 Å². The average Bonchev–Trinajstić information content (AvgIpc) is 2.93. The molecule has 1 aromatic heterocycles. The van der Waals surface area contributed by atoms with E-state index in [4.69, 9.17) is 0 Å². The van der Waals surface area contributed by atoms with Crippen molar-refractivity contribution in [3.8, 4) is 0 Å². The van der Waals surface area contributed by atoms with Gasteiger partial charge in [-0.25, -0.2) is 0 Å². The van der Waals surface area contributed by atoms with Gasteiger partial charge in [-0.1, -0.05) is 29.8 Å². The summed E-state index contributed by atoms with van der Waals surface area (Å²) in [7, 11) is 0. The molecule has 5 atom stereocenters. The van der Waals surface area contributed by atoms with E-state index >= 15 is 0 Å². The number of aromatic amines is 1. The number of hydrogen-bond donors (Lipinski definition) is 2. The van der Waals surface area contributed by atoms with Crippen molar-refractivity contribution in [1.29, 1.82) is 0 Å². The SMILES string of the molecule is C/C=C1\CN2C3Cc4c([nH]c5ccccc45)[C@@H]2C[C@H]1[C@H]3CO. The molecule has 4 aliphatic rings. The molecule has 3 heteroatoms. The molecule has 114 valence electrons. The lowest BCUT2D eigenvalue weighted by molar-refractivity contribution is -0.0503. The van der Waals surface area contributed by atoms with Gasteiger partial charge >= 0.3 is 0 Å². The van der Waals surface area contributed by atoms with E-state index in [0.29, 0.717) is 30.5 Å². The number of allylic oxidation sites excluding steroid dienone is 1. The Labute approximate surface area is 130 Å². The molecule has 5 heterocycles. The fraction of sp³-hybridized carbons (Fsp3) is 0.474. The Kier molecular flexibility index (Phi) is 2.62. The highest BCUT2D eigenvalue weighted by Crippen LogP contribution is 2.53. The molecular formula is C19H22N2O. The predicted molar refractivity (Wildman–Crippen MR) is 87.7 cm³/mol. The summed E-state index contributed by atoms with van der Waals surface area (Å²) < 4.78 is 0. The molecule has 2 unspecified atom stereocenters. The number of para-hydroxylation sites is 1. The van der Waals surface area contributed by atoms with Crippen molar-refractivity contribution in [1.82, 2.24) is 9.88 Å². The van der Waals surface area contributed by atoms with Crippen LogP contribution in [0.25, 0.3) is 10.9 Å². The second-order valence-electron chi connectivity index (χ2n) is 7.07. The highest BCUT2D eigenvalue weighted by molar-refractivity contribution is 5.85. The number of aliphatic hydroxyl groups is 1. The zero-order valence-corrected chi connectivity index (χ0v) is 12.9. The van der Waals surface area contributed by atoms with E-state index < -0.39 is 0 Å². The van der Waals surface area contributed by atoms with Crippen LogP contribution in [0, 0.1) is 11.8 Å². The van der Waals surface area contributed by atoms with Crippen LogP contribution in [-0.4, -0.2) is 34.2 Å². The summed E-state index contributed by atoms with van der Waals surface area (Å²) in [5.41, 5.74) is 5.74. The maximum absolute atomic E-state index is 9.99. The van der Waals surface area contributed by atoms with Crippen LogP contribution in [0.4, 0.5) is 0 Å². The van der Waals surface area contributed by atoms with Crippen LogP contribution in [0.3, 0.4) is 0 Å². The average molecular weight is 294 g/mol. The third-order valence-electron chi connectivity index (χ3n) is 6.33. The molecule has 2 aromatic rings. The molecule has 0 spiro atoms. The van der Waals surface area contributed by atoms with Crippen LogP contribution < -0.4 is 0 Å². The maximum atomic E-state index is 9.99. The van der Waals surface area contributed by atoms with Crippen molar-refractivity contribution in [2.45, 2.75) is 31.8 Å². The number of aliphatic hydroxyl groups excluding tert-OH is 1. The second kappa shape index (κ2) is 4.46. The first-order chi connectivity index (χ1) is 10.8. The Morgan fingerprint density at radius 3 is 3.05 bits per heavy atom. The summed E-state index contributed by atoms with van der Waals surface area (Å²) in [6.45, 7) is 3.55. The topological polar surface area (TPSA) is 39.3 Å². The molecule has 3 saturated heterocycles. The smallest absolute Gasteiger partial charge is 0.0514 e. The van der Waals surface area contributed by atoms with Crippen molar-refractivity contribution in [3.05, 3.63) is 47.2 Å². The Hall–Kier alpha value is -1.58. The van der Waals surface area contributed by atoms with Gasteiger partial charge in [0.05, 0.1) is 6.04 Å². The number of aromatic nitrogens is 1. The summed E-state index contributed by atoms with van der Waals surface area (Å²) in [5.74, 6) is 0.965. The van der Waals surface area contributed by atoms with Crippen LogP contribution in [-0.2, 0) is 6.42 Å². The van der Waals surface area contributed by atoms with E-state index in [1.807, 2.05) is 0 Å². The van der Waals surface area contributed by atoms with Gasteiger partial charge < -0.3 is 10.1 Å². The Morgan fingerprint density at radius 1 is 1.36 bits per heavy atom. The molecule has 0 aliphatic carbocycles. The van der Waals surface area contributed by atoms with Crippen LogP contribution in [0.2, 0.25) is 0 Å². The van der Waals surface area contributed by atoms with Gasteiger partial charge in [0.25, 0.3) is 0 Å². The quantitative estimate of drug-likeness (QED) is 0.794. The van der Waals surface area contributed by atoms with E-state index in [2.05, 4.69) is 47.1 Å². The predicted octanol–water partition coefficient (Wildman–Crippen LogP) is 3.02. The standard InChI is InChI=1S/C19H22N2O/c1-2-11-9-21-17-8-14-12-5-3-4-6-16(12)20-19(14)18(21)7-13(11)15(17)10-22/h2-6,13,15,17-18,20,22H,7-10H2,1H3/b11-2+/t13-,15-,17?,18+/m1/s1. The Bertz CT molecular complexity index is 775. The van der Waals surface area contributed by atoms with Gasteiger partial charge in [0.1, 0.15) is 0 Å². The van der Waals surface area contributed by atoms with Gasteiger partial charge in [-0.15, -0.1) is 0 Å². The first-order valence-electron chi connectivity index (χ1n) is 8.43. The second-order valence-corrected chi connectivity index (χ2v) is 7.07. The Balaban J connectivity index is 1.69. The molecule has 0 saturated carbocycles. The van der Waals surface area contributed by atoms with Crippen molar-refractivity contribution < 1.29 is 5.11 Å². The lowest BCUT2D eigenvalue weighted by Gasteiger charge is -2.58. The molecule has 0 radical (unpaired) electrons. The lowest BCUT2D eigenvalue weighted by Crippen LogP contribution is -2.60. The number of hydrogen-bond acceptors (Lipinski definition) is 2. The van der Waals surface area contributed by atoms with Gasteiger partial charge in [0, 0.05) is 41.7 Å². The third kappa shape index (κ3) is 1.48. The van der Waals surface area contributed by atoms with Gasteiger partial charge in [0.15, 0.2) is 0 Å². The monoisotopic (exact) mass is 294 g/mol. The first kappa shape index (κ1) is 12.9. The largest absolute Gasteiger partial charge is 0.396 e. The molecule has 2 N–H and O–H groups in total. The summed E-state index contributed by atoms with van der Waals surface area (Å²) in [6.07, 6.45) is 4.51. The summed E-state index contributed by atoms with van der Waals surface area (Å²) in [5, 5.41) is 11.4. The van der Waals surface area contributed by atoms with Crippen LogP contribution in [0.5, 0.6) is 0 Å². The fourth-order valence-electron chi connectivity index (χ4n) is 5.32. The normalized spacial score (nSPS) is 37.7. The first-order valence-corrected chi connectivity index (χ1v) is 8.43. The highest BCUT2D eigenvalue weighted by Gasteiger charge is 2.52.